The number of carbonyl (C=O) groups is 1. The number of para-hydroxylation sites is 1. The first-order chi connectivity index (χ1) is 7.24. The zero-order valence-corrected chi connectivity index (χ0v) is 8.77. The van der Waals surface area contributed by atoms with Gasteiger partial charge in [-0.3, -0.25) is 4.79 Å². The van der Waals surface area contributed by atoms with Gasteiger partial charge < -0.3 is 0 Å². The molecule has 0 N–H and O–H groups in total. The third-order valence-corrected chi connectivity index (χ3v) is 2.39. The summed E-state index contributed by atoms with van der Waals surface area (Å²) in [5.74, 6) is 0. The van der Waals surface area contributed by atoms with Crippen LogP contribution in [-0.2, 0) is 0 Å². The van der Waals surface area contributed by atoms with Crippen molar-refractivity contribution >= 4 is 17.9 Å². The summed E-state index contributed by atoms with van der Waals surface area (Å²) in [6, 6.07) is 7.16. The molecule has 0 saturated carbocycles. The van der Waals surface area contributed by atoms with Crippen LogP contribution in [0.15, 0.2) is 24.3 Å². The number of hydrogen-bond donors (Lipinski definition) is 0. The van der Waals surface area contributed by atoms with E-state index in [0.29, 0.717) is 22.1 Å². The summed E-state index contributed by atoms with van der Waals surface area (Å²) in [6.07, 6.45) is 0.721. The highest BCUT2D eigenvalue weighted by molar-refractivity contribution is 6.32. The second-order valence-electron chi connectivity index (χ2n) is 3.04. The van der Waals surface area contributed by atoms with Gasteiger partial charge in [0.15, 0.2) is 6.29 Å². The number of hydrogen-bond acceptors (Lipinski definition) is 3. The molecular weight excluding hydrogens is 214 g/mol. The molecule has 15 heavy (non-hydrogen) atoms. The fraction of sp³-hybridized carbons (Fsp3) is 0.100. The molecule has 0 saturated heterocycles. The number of aldehydes is 1. The molecule has 0 aliphatic heterocycles. The molecule has 2 aromatic rings. The first kappa shape index (κ1) is 9.86. The number of benzene rings is 1. The van der Waals surface area contributed by atoms with Gasteiger partial charge in [-0.25, -0.2) is 4.68 Å². The Balaban J connectivity index is 2.64. The van der Waals surface area contributed by atoms with Crippen LogP contribution in [0.4, 0.5) is 0 Å². The van der Waals surface area contributed by atoms with Crippen LogP contribution in [0.2, 0.25) is 5.02 Å². The minimum Gasteiger partial charge on any atom is -0.296 e. The van der Waals surface area contributed by atoms with Crippen LogP contribution in [0.5, 0.6) is 0 Å². The van der Waals surface area contributed by atoms with Gasteiger partial charge in [-0.1, -0.05) is 28.9 Å². The van der Waals surface area contributed by atoms with E-state index in [1.165, 1.54) is 4.68 Å². The average Bonchev–Trinajstić information content (AvgIpc) is 2.60. The molecule has 0 unspecified atom stereocenters. The molecule has 0 fully saturated rings. The highest BCUT2D eigenvalue weighted by Crippen LogP contribution is 2.20. The summed E-state index contributed by atoms with van der Waals surface area (Å²) in [7, 11) is 0. The molecule has 0 bridgehead atoms. The first-order valence-corrected chi connectivity index (χ1v) is 4.74. The molecule has 1 aromatic carbocycles. The largest absolute Gasteiger partial charge is 0.296 e. The van der Waals surface area contributed by atoms with Crippen LogP contribution in [0.25, 0.3) is 5.69 Å². The zero-order valence-electron chi connectivity index (χ0n) is 8.01. The van der Waals surface area contributed by atoms with Crippen molar-refractivity contribution in [1.82, 2.24) is 15.0 Å². The molecular formula is C10H8ClN3O. The van der Waals surface area contributed by atoms with Gasteiger partial charge in [0.05, 0.1) is 16.4 Å². The van der Waals surface area contributed by atoms with Crippen molar-refractivity contribution < 1.29 is 4.79 Å². The lowest BCUT2D eigenvalue weighted by Crippen LogP contribution is -2.02. The standard InChI is InChI=1S/C10H8ClN3O/c1-7-10(6-15)14(13-12-7)9-5-3-2-4-8(9)11/h2-6H,1H3. The van der Waals surface area contributed by atoms with Gasteiger partial charge in [-0.2, -0.15) is 0 Å². The lowest BCUT2D eigenvalue weighted by molar-refractivity contribution is 0.111. The van der Waals surface area contributed by atoms with Crippen molar-refractivity contribution in [2.75, 3.05) is 0 Å². The van der Waals surface area contributed by atoms with Gasteiger partial charge in [0.1, 0.15) is 5.69 Å². The third kappa shape index (κ3) is 1.64. The monoisotopic (exact) mass is 221 g/mol. The Hall–Kier alpha value is -1.68. The quantitative estimate of drug-likeness (QED) is 0.730. The Labute approximate surface area is 91.5 Å². The van der Waals surface area contributed by atoms with Gasteiger partial charge in [-0.15, -0.1) is 5.10 Å². The van der Waals surface area contributed by atoms with E-state index >= 15 is 0 Å². The van der Waals surface area contributed by atoms with Gasteiger partial charge in [0.25, 0.3) is 0 Å². The number of carbonyl (C=O) groups excluding carboxylic acids is 1. The van der Waals surface area contributed by atoms with E-state index in [4.69, 9.17) is 11.6 Å². The fourth-order valence-electron chi connectivity index (χ4n) is 1.30. The van der Waals surface area contributed by atoms with E-state index in [1.54, 1.807) is 19.1 Å². The number of nitrogens with zero attached hydrogens (tertiary/aromatic N) is 3. The Morgan fingerprint density at radius 2 is 2.13 bits per heavy atom. The minimum atomic E-state index is 0.420. The third-order valence-electron chi connectivity index (χ3n) is 2.08. The van der Waals surface area contributed by atoms with Crippen molar-refractivity contribution in [3.8, 4) is 5.69 Å². The second-order valence-corrected chi connectivity index (χ2v) is 3.45. The van der Waals surface area contributed by atoms with Crippen molar-refractivity contribution in [2.45, 2.75) is 6.92 Å². The average molecular weight is 222 g/mol. The molecule has 1 heterocycles. The van der Waals surface area contributed by atoms with Crippen LogP contribution in [0.3, 0.4) is 0 Å². The van der Waals surface area contributed by atoms with Crippen molar-refractivity contribution in [1.29, 1.82) is 0 Å². The molecule has 4 nitrogen and oxygen atoms in total. The molecule has 0 aliphatic rings. The topological polar surface area (TPSA) is 47.8 Å². The highest BCUT2D eigenvalue weighted by atomic mass is 35.5. The SMILES string of the molecule is Cc1nnn(-c2ccccc2Cl)c1C=O. The smallest absolute Gasteiger partial charge is 0.170 e. The summed E-state index contributed by atoms with van der Waals surface area (Å²) in [6.45, 7) is 1.73. The van der Waals surface area contributed by atoms with E-state index in [-0.39, 0.29) is 0 Å². The summed E-state index contributed by atoms with van der Waals surface area (Å²) < 4.78 is 1.44. The zero-order chi connectivity index (χ0) is 10.8. The number of rotatable bonds is 2. The lowest BCUT2D eigenvalue weighted by atomic mass is 10.3. The maximum absolute atomic E-state index is 10.8. The predicted octanol–water partition coefficient (Wildman–Crippen LogP) is 2.04. The van der Waals surface area contributed by atoms with Crippen molar-refractivity contribution in [3.05, 3.63) is 40.7 Å². The maximum Gasteiger partial charge on any atom is 0.170 e. The fourth-order valence-corrected chi connectivity index (χ4v) is 1.52. The molecule has 5 heteroatoms. The maximum atomic E-state index is 10.8. The van der Waals surface area contributed by atoms with Crippen molar-refractivity contribution in [2.24, 2.45) is 0 Å². The van der Waals surface area contributed by atoms with Gasteiger partial charge in [0.2, 0.25) is 0 Å². The molecule has 76 valence electrons. The highest BCUT2D eigenvalue weighted by Gasteiger charge is 2.11. The number of aryl methyl sites for hydroxylation is 1. The van der Waals surface area contributed by atoms with E-state index in [0.717, 1.165) is 6.29 Å². The molecule has 0 amide bonds. The van der Waals surface area contributed by atoms with Crippen LogP contribution in [0.1, 0.15) is 16.2 Å². The van der Waals surface area contributed by atoms with Crippen LogP contribution >= 0.6 is 11.6 Å². The predicted molar refractivity (Wildman–Crippen MR) is 56.5 cm³/mol. The van der Waals surface area contributed by atoms with E-state index in [1.807, 2.05) is 12.1 Å². The molecule has 2 rings (SSSR count). The van der Waals surface area contributed by atoms with E-state index in [9.17, 15) is 4.79 Å². The second kappa shape index (κ2) is 3.82. The Morgan fingerprint density at radius 3 is 2.80 bits per heavy atom. The van der Waals surface area contributed by atoms with Crippen LogP contribution in [0, 0.1) is 6.92 Å². The summed E-state index contributed by atoms with van der Waals surface area (Å²) in [5.41, 5.74) is 1.66. The Bertz CT molecular complexity index is 507. The minimum absolute atomic E-state index is 0.420. The number of aromatic nitrogens is 3. The molecule has 0 aliphatic carbocycles. The Morgan fingerprint density at radius 1 is 1.40 bits per heavy atom. The van der Waals surface area contributed by atoms with Gasteiger partial charge in [-0.05, 0) is 19.1 Å². The van der Waals surface area contributed by atoms with Crippen LogP contribution < -0.4 is 0 Å². The molecule has 0 radical (unpaired) electrons. The van der Waals surface area contributed by atoms with Gasteiger partial charge in [0, 0.05) is 0 Å². The van der Waals surface area contributed by atoms with Crippen molar-refractivity contribution in [3.63, 3.8) is 0 Å². The summed E-state index contributed by atoms with van der Waals surface area (Å²) in [4.78, 5) is 10.8. The molecule has 0 spiro atoms. The van der Waals surface area contributed by atoms with Crippen LogP contribution in [-0.4, -0.2) is 21.3 Å². The van der Waals surface area contributed by atoms with E-state index in [2.05, 4.69) is 10.3 Å². The number of halogens is 1. The molecule has 1 aromatic heterocycles. The normalized spacial score (nSPS) is 10.3. The molecule has 0 atom stereocenters. The van der Waals surface area contributed by atoms with E-state index < -0.39 is 0 Å². The summed E-state index contributed by atoms with van der Waals surface area (Å²) in [5, 5.41) is 8.23. The summed E-state index contributed by atoms with van der Waals surface area (Å²) >= 11 is 5.99. The first-order valence-electron chi connectivity index (χ1n) is 4.36. The lowest BCUT2D eigenvalue weighted by Gasteiger charge is -2.03. The van der Waals surface area contributed by atoms with Gasteiger partial charge >= 0.3 is 0 Å². The Kier molecular flexibility index (Phi) is 2.51.